The summed E-state index contributed by atoms with van der Waals surface area (Å²) in [6.45, 7) is 2.69. The summed E-state index contributed by atoms with van der Waals surface area (Å²) in [5.41, 5.74) is 0.437. The largest absolute Gasteiger partial charge is 0.481 e. The number of nitrogens with one attached hydrogen (secondary N) is 1. The van der Waals surface area contributed by atoms with Gasteiger partial charge in [0.2, 0.25) is 0 Å². The van der Waals surface area contributed by atoms with E-state index in [1.807, 2.05) is 0 Å². The topological polar surface area (TPSA) is 69.6 Å². The molecule has 6 heteroatoms. The van der Waals surface area contributed by atoms with Crippen LogP contribution < -0.4 is 5.32 Å². The van der Waals surface area contributed by atoms with Gasteiger partial charge in [-0.3, -0.25) is 4.79 Å². The molecule has 0 aromatic heterocycles. The number of amides is 2. The minimum absolute atomic E-state index is 0.00276. The number of carbonyl (C=O) groups is 2. The monoisotopic (exact) mass is 294 g/mol. The number of urea groups is 1. The van der Waals surface area contributed by atoms with Gasteiger partial charge in [-0.25, -0.2) is 9.18 Å². The summed E-state index contributed by atoms with van der Waals surface area (Å²) in [5, 5.41) is 11.5. The maximum absolute atomic E-state index is 13.6. The van der Waals surface area contributed by atoms with Crippen molar-refractivity contribution in [3.8, 4) is 0 Å². The summed E-state index contributed by atoms with van der Waals surface area (Å²) in [7, 11) is 0. The Kier molecular flexibility index (Phi) is 4.77. The third-order valence-electron chi connectivity index (χ3n) is 3.75. The summed E-state index contributed by atoms with van der Waals surface area (Å²) in [6, 6.07) is 5.61. The number of carbonyl (C=O) groups excluding carboxylic acids is 1. The van der Waals surface area contributed by atoms with Crippen molar-refractivity contribution in [2.45, 2.75) is 25.8 Å². The lowest BCUT2D eigenvalue weighted by atomic mass is 10.1. The molecule has 21 heavy (non-hydrogen) atoms. The van der Waals surface area contributed by atoms with Gasteiger partial charge in [0.1, 0.15) is 5.82 Å². The molecule has 114 valence electrons. The van der Waals surface area contributed by atoms with Crippen molar-refractivity contribution in [2.24, 2.45) is 5.92 Å². The average molecular weight is 294 g/mol. The molecular weight excluding hydrogens is 275 g/mol. The lowest BCUT2D eigenvalue weighted by molar-refractivity contribution is -0.138. The van der Waals surface area contributed by atoms with Gasteiger partial charge in [-0.15, -0.1) is 0 Å². The fraction of sp³-hybridized carbons (Fsp3) is 0.467. The van der Waals surface area contributed by atoms with E-state index in [1.54, 1.807) is 30.0 Å². The molecule has 1 aliphatic heterocycles. The predicted octanol–water partition coefficient (Wildman–Crippen LogP) is 2.39. The van der Waals surface area contributed by atoms with Crippen molar-refractivity contribution in [1.82, 2.24) is 10.2 Å². The molecule has 0 aliphatic carbocycles. The minimum Gasteiger partial charge on any atom is -0.481 e. The van der Waals surface area contributed by atoms with Crippen molar-refractivity contribution in [3.63, 3.8) is 0 Å². The van der Waals surface area contributed by atoms with Gasteiger partial charge >= 0.3 is 12.0 Å². The SMILES string of the molecule is CC(NC(=O)N1CCC(CC(=O)O)C1)c1ccccc1F. The molecule has 2 unspecified atom stereocenters. The second-order valence-corrected chi connectivity index (χ2v) is 5.39. The van der Waals surface area contributed by atoms with Gasteiger partial charge in [0.15, 0.2) is 0 Å². The second kappa shape index (κ2) is 6.56. The van der Waals surface area contributed by atoms with Crippen molar-refractivity contribution >= 4 is 12.0 Å². The number of aliphatic carboxylic acids is 1. The summed E-state index contributed by atoms with van der Waals surface area (Å²) in [6.07, 6.45) is 0.764. The molecule has 0 saturated carbocycles. The normalized spacial score (nSPS) is 19.3. The van der Waals surface area contributed by atoms with Crippen LogP contribution in [-0.4, -0.2) is 35.1 Å². The zero-order valence-electron chi connectivity index (χ0n) is 11.9. The summed E-state index contributed by atoms with van der Waals surface area (Å²) in [5.74, 6) is -1.20. The van der Waals surface area contributed by atoms with E-state index in [0.29, 0.717) is 25.1 Å². The van der Waals surface area contributed by atoms with Crippen LogP contribution in [0.4, 0.5) is 9.18 Å². The molecule has 5 nitrogen and oxygen atoms in total. The number of benzene rings is 1. The van der Waals surface area contributed by atoms with Gasteiger partial charge in [0, 0.05) is 25.1 Å². The molecule has 2 rings (SSSR count). The molecular formula is C15H19FN2O3. The highest BCUT2D eigenvalue weighted by atomic mass is 19.1. The van der Waals surface area contributed by atoms with E-state index in [-0.39, 0.29) is 24.2 Å². The van der Waals surface area contributed by atoms with Crippen LogP contribution in [0.3, 0.4) is 0 Å². The van der Waals surface area contributed by atoms with Crippen LogP contribution in [0.15, 0.2) is 24.3 Å². The molecule has 2 N–H and O–H groups in total. The minimum atomic E-state index is -0.845. The molecule has 2 atom stereocenters. The number of halogens is 1. The Bertz CT molecular complexity index is 535. The predicted molar refractivity (Wildman–Crippen MR) is 75.3 cm³/mol. The van der Waals surface area contributed by atoms with Gasteiger partial charge in [-0.2, -0.15) is 0 Å². The zero-order chi connectivity index (χ0) is 15.4. The second-order valence-electron chi connectivity index (χ2n) is 5.39. The first kappa shape index (κ1) is 15.3. The standard InChI is InChI=1S/C15H19FN2O3/c1-10(12-4-2-3-5-13(12)16)17-15(21)18-7-6-11(9-18)8-14(19)20/h2-5,10-11H,6-9H2,1H3,(H,17,21)(H,19,20). The van der Waals surface area contributed by atoms with E-state index in [1.165, 1.54) is 6.07 Å². The molecule has 1 fully saturated rings. The first-order chi connectivity index (χ1) is 9.97. The van der Waals surface area contributed by atoms with Gasteiger partial charge in [0.25, 0.3) is 0 Å². The van der Waals surface area contributed by atoms with Crippen LogP contribution in [0.25, 0.3) is 0 Å². The van der Waals surface area contributed by atoms with E-state index in [9.17, 15) is 14.0 Å². The highest BCUT2D eigenvalue weighted by molar-refractivity contribution is 5.75. The van der Waals surface area contributed by atoms with E-state index in [0.717, 1.165) is 0 Å². The van der Waals surface area contributed by atoms with Gasteiger partial charge in [-0.05, 0) is 25.3 Å². The maximum atomic E-state index is 13.6. The third kappa shape index (κ3) is 3.93. The molecule has 1 aromatic rings. The number of rotatable bonds is 4. The lowest BCUT2D eigenvalue weighted by Gasteiger charge is -2.21. The summed E-state index contributed by atoms with van der Waals surface area (Å²) in [4.78, 5) is 24.4. The average Bonchev–Trinajstić information content (AvgIpc) is 2.86. The number of carboxylic acids is 1. The first-order valence-corrected chi connectivity index (χ1v) is 6.99. The number of hydrogen-bond donors (Lipinski definition) is 2. The Morgan fingerprint density at radius 2 is 2.19 bits per heavy atom. The molecule has 2 amide bonds. The molecule has 1 saturated heterocycles. The summed E-state index contributed by atoms with van der Waals surface area (Å²) < 4.78 is 13.6. The van der Waals surface area contributed by atoms with Crippen LogP contribution in [-0.2, 0) is 4.79 Å². The van der Waals surface area contributed by atoms with Crippen LogP contribution in [0.2, 0.25) is 0 Å². The van der Waals surface area contributed by atoms with Crippen molar-refractivity contribution in [3.05, 3.63) is 35.6 Å². The van der Waals surface area contributed by atoms with Gasteiger partial charge < -0.3 is 15.3 Å². The number of nitrogens with zero attached hydrogens (tertiary/aromatic N) is 1. The Morgan fingerprint density at radius 1 is 1.48 bits per heavy atom. The highest BCUT2D eigenvalue weighted by Gasteiger charge is 2.28. The quantitative estimate of drug-likeness (QED) is 0.896. The van der Waals surface area contributed by atoms with Crippen LogP contribution >= 0.6 is 0 Å². The third-order valence-corrected chi connectivity index (χ3v) is 3.75. The fourth-order valence-electron chi connectivity index (χ4n) is 2.61. The molecule has 0 bridgehead atoms. The Hall–Kier alpha value is -2.11. The van der Waals surface area contributed by atoms with Crippen LogP contribution in [0.1, 0.15) is 31.4 Å². The Morgan fingerprint density at radius 3 is 2.86 bits per heavy atom. The fourth-order valence-corrected chi connectivity index (χ4v) is 2.61. The number of likely N-dealkylation sites (tertiary alicyclic amines) is 1. The van der Waals surface area contributed by atoms with Gasteiger partial charge in [0.05, 0.1) is 6.04 Å². The van der Waals surface area contributed by atoms with Gasteiger partial charge in [-0.1, -0.05) is 18.2 Å². The first-order valence-electron chi connectivity index (χ1n) is 6.99. The maximum Gasteiger partial charge on any atom is 0.317 e. The number of carboxylic acid groups (broad SMARTS) is 1. The van der Waals surface area contributed by atoms with Crippen molar-refractivity contribution in [2.75, 3.05) is 13.1 Å². The molecule has 1 aromatic carbocycles. The van der Waals surface area contributed by atoms with Crippen molar-refractivity contribution < 1.29 is 19.1 Å². The van der Waals surface area contributed by atoms with Crippen LogP contribution in [0, 0.1) is 11.7 Å². The lowest BCUT2D eigenvalue weighted by Crippen LogP contribution is -2.40. The summed E-state index contributed by atoms with van der Waals surface area (Å²) >= 11 is 0. The molecule has 0 spiro atoms. The smallest absolute Gasteiger partial charge is 0.317 e. The van der Waals surface area contributed by atoms with E-state index in [2.05, 4.69) is 5.32 Å². The zero-order valence-corrected chi connectivity index (χ0v) is 11.9. The Labute approximate surface area is 122 Å². The van der Waals surface area contributed by atoms with E-state index < -0.39 is 12.0 Å². The molecule has 0 radical (unpaired) electrons. The van der Waals surface area contributed by atoms with Crippen LogP contribution in [0.5, 0.6) is 0 Å². The molecule has 1 aliphatic rings. The highest BCUT2D eigenvalue weighted by Crippen LogP contribution is 2.21. The molecule has 1 heterocycles. The number of hydrogen-bond acceptors (Lipinski definition) is 2. The van der Waals surface area contributed by atoms with E-state index in [4.69, 9.17) is 5.11 Å². The van der Waals surface area contributed by atoms with E-state index >= 15 is 0 Å². The Balaban J connectivity index is 1.90. The van der Waals surface area contributed by atoms with Crippen molar-refractivity contribution in [1.29, 1.82) is 0 Å².